The Bertz CT molecular complexity index is 937. The van der Waals surface area contributed by atoms with Crippen LogP contribution in [0.15, 0.2) is 30.3 Å². The van der Waals surface area contributed by atoms with Gasteiger partial charge in [0.2, 0.25) is 5.91 Å². The van der Waals surface area contributed by atoms with Gasteiger partial charge >= 0.3 is 6.18 Å². The molecule has 0 unspecified atom stereocenters. The lowest BCUT2D eigenvalue weighted by atomic mass is 9.85. The minimum atomic E-state index is -4.36. The van der Waals surface area contributed by atoms with Crippen molar-refractivity contribution in [2.24, 2.45) is 5.92 Å². The van der Waals surface area contributed by atoms with Crippen LogP contribution in [0.4, 0.5) is 19.0 Å². The molecule has 1 N–H and O–H groups in total. The topological polar surface area (TPSA) is 50.2 Å². The summed E-state index contributed by atoms with van der Waals surface area (Å²) in [4.78, 5) is 15.0. The number of alkyl halides is 3. The van der Waals surface area contributed by atoms with E-state index >= 15 is 0 Å². The maximum atomic E-state index is 13.7. The monoisotopic (exact) mass is 434 g/mol. The van der Waals surface area contributed by atoms with Gasteiger partial charge in [0.25, 0.3) is 0 Å². The van der Waals surface area contributed by atoms with E-state index in [1.54, 1.807) is 13.0 Å². The van der Waals surface area contributed by atoms with Gasteiger partial charge in [-0.25, -0.2) is 4.68 Å². The van der Waals surface area contributed by atoms with Gasteiger partial charge in [-0.2, -0.15) is 18.3 Å². The van der Waals surface area contributed by atoms with Crippen LogP contribution in [0.5, 0.6) is 0 Å². The molecule has 0 spiro atoms. The number of nitrogens with zero attached hydrogens (tertiary/aromatic N) is 3. The first-order chi connectivity index (χ1) is 14.6. The lowest BCUT2D eigenvalue weighted by Gasteiger charge is -2.42. The van der Waals surface area contributed by atoms with Gasteiger partial charge in [0, 0.05) is 25.2 Å². The highest BCUT2D eigenvalue weighted by Crippen LogP contribution is 2.42. The van der Waals surface area contributed by atoms with Crippen molar-refractivity contribution in [3.05, 3.63) is 47.2 Å². The second kappa shape index (κ2) is 8.20. The Labute approximate surface area is 180 Å². The highest BCUT2D eigenvalue weighted by molar-refractivity contribution is 5.83. The summed E-state index contributed by atoms with van der Waals surface area (Å²) >= 11 is 0. The number of piperidine rings is 1. The standard InChI is InChI=1S/C23H29F3N4O/c1-14-6-8-17(9-7-14)16(3)22(31)29-10-4-5-18(13-29)19-12-20(23(24,25)26)30-21(27-19)11-15(2)28-30/h6-9,11,16,18-20,27H,4-5,10,12-13H2,1-3H3/t16-,18-,19-,20+/m0/s1. The van der Waals surface area contributed by atoms with E-state index in [9.17, 15) is 18.0 Å². The fraction of sp³-hybridized carbons (Fsp3) is 0.565. The summed E-state index contributed by atoms with van der Waals surface area (Å²) in [5.41, 5.74) is 2.66. The number of aromatic nitrogens is 2. The number of carbonyl (C=O) groups is 1. The van der Waals surface area contributed by atoms with Gasteiger partial charge in [-0.1, -0.05) is 29.8 Å². The quantitative estimate of drug-likeness (QED) is 0.753. The maximum Gasteiger partial charge on any atom is 0.410 e. The van der Waals surface area contributed by atoms with Crippen molar-refractivity contribution >= 4 is 11.7 Å². The van der Waals surface area contributed by atoms with Crippen LogP contribution >= 0.6 is 0 Å². The molecule has 0 aliphatic carbocycles. The van der Waals surface area contributed by atoms with E-state index in [2.05, 4.69) is 10.4 Å². The Hall–Kier alpha value is -2.51. The third-order valence-corrected chi connectivity index (χ3v) is 6.63. The Morgan fingerprint density at radius 3 is 2.61 bits per heavy atom. The Balaban J connectivity index is 1.49. The van der Waals surface area contributed by atoms with Crippen molar-refractivity contribution in [3.8, 4) is 0 Å². The fourth-order valence-corrected chi connectivity index (χ4v) is 4.84. The number of rotatable bonds is 3. The van der Waals surface area contributed by atoms with Crippen molar-refractivity contribution in [1.29, 1.82) is 0 Å². The summed E-state index contributed by atoms with van der Waals surface area (Å²) in [6, 6.07) is 7.61. The average Bonchev–Trinajstić information content (AvgIpc) is 3.11. The molecule has 31 heavy (non-hydrogen) atoms. The zero-order valence-electron chi connectivity index (χ0n) is 18.1. The molecule has 1 aromatic carbocycles. The molecule has 5 nitrogen and oxygen atoms in total. The number of hydrogen-bond acceptors (Lipinski definition) is 3. The third kappa shape index (κ3) is 4.43. The van der Waals surface area contributed by atoms with E-state index in [1.807, 2.05) is 43.0 Å². The second-order valence-corrected chi connectivity index (χ2v) is 8.98. The number of halogens is 3. The van der Waals surface area contributed by atoms with Gasteiger partial charge < -0.3 is 10.2 Å². The largest absolute Gasteiger partial charge is 0.410 e. The molecule has 2 aliphatic heterocycles. The van der Waals surface area contributed by atoms with E-state index < -0.39 is 12.2 Å². The van der Waals surface area contributed by atoms with Crippen molar-refractivity contribution < 1.29 is 18.0 Å². The van der Waals surface area contributed by atoms with Gasteiger partial charge in [0.05, 0.1) is 11.6 Å². The van der Waals surface area contributed by atoms with Gasteiger partial charge in [0.15, 0.2) is 6.04 Å². The molecule has 8 heteroatoms. The molecular weight excluding hydrogens is 405 g/mol. The Morgan fingerprint density at radius 2 is 1.94 bits per heavy atom. The number of fused-ring (bicyclic) bond motifs is 1. The molecule has 2 aromatic rings. The van der Waals surface area contributed by atoms with Crippen LogP contribution in [-0.4, -0.2) is 45.9 Å². The smallest absolute Gasteiger partial charge is 0.367 e. The third-order valence-electron chi connectivity index (χ3n) is 6.63. The van der Waals surface area contributed by atoms with Crippen LogP contribution in [-0.2, 0) is 4.79 Å². The van der Waals surface area contributed by atoms with Crippen LogP contribution in [0.2, 0.25) is 0 Å². The molecular formula is C23H29F3N4O. The first-order valence-electron chi connectivity index (χ1n) is 10.9. The summed E-state index contributed by atoms with van der Waals surface area (Å²) in [6.07, 6.45) is -2.84. The van der Waals surface area contributed by atoms with E-state index in [-0.39, 0.29) is 30.2 Å². The highest BCUT2D eigenvalue weighted by Gasteiger charge is 2.48. The van der Waals surface area contributed by atoms with Crippen LogP contribution in [0.3, 0.4) is 0 Å². The van der Waals surface area contributed by atoms with Crippen LogP contribution < -0.4 is 5.32 Å². The number of nitrogens with one attached hydrogen (secondary N) is 1. The first-order valence-corrected chi connectivity index (χ1v) is 10.9. The first kappa shape index (κ1) is 21.7. The molecule has 1 saturated heterocycles. The molecule has 1 amide bonds. The predicted octanol–water partition coefficient (Wildman–Crippen LogP) is 4.83. The van der Waals surface area contributed by atoms with Crippen molar-refractivity contribution in [2.75, 3.05) is 18.4 Å². The molecule has 1 aromatic heterocycles. The number of carbonyl (C=O) groups excluding carboxylic acids is 1. The zero-order valence-corrected chi connectivity index (χ0v) is 18.1. The minimum Gasteiger partial charge on any atom is -0.367 e. The normalized spacial score (nSPS) is 25.0. The molecule has 4 rings (SSSR count). The minimum absolute atomic E-state index is 0.0308. The van der Waals surface area contributed by atoms with E-state index in [1.165, 1.54) is 0 Å². The molecule has 168 valence electrons. The van der Waals surface area contributed by atoms with Crippen molar-refractivity contribution in [1.82, 2.24) is 14.7 Å². The molecule has 4 atom stereocenters. The fourth-order valence-electron chi connectivity index (χ4n) is 4.84. The summed E-state index contributed by atoms with van der Waals surface area (Å²) in [6.45, 7) is 6.73. The van der Waals surface area contributed by atoms with Gasteiger partial charge in [-0.3, -0.25) is 4.79 Å². The van der Waals surface area contributed by atoms with Gasteiger partial charge in [-0.05, 0) is 51.5 Å². The van der Waals surface area contributed by atoms with Crippen molar-refractivity contribution in [3.63, 3.8) is 0 Å². The summed E-state index contributed by atoms with van der Waals surface area (Å²) < 4.78 is 42.3. The number of aryl methyl sites for hydroxylation is 2. The zero-order chi connectivity index (χ0) is 22.3. The second-order valence-electron chi connectivity index (χ2n) is 8.98. The summed E-state index contributed by atoms with van der Waals surface area (Å²) in [5, 5.41) is 7.33. The molecule has 0 radical (unpaired) electrons. The average molecular weight is 435 g/mol. The summed E-state index contributed by atoms with van der Waals surface area (Å²) in [5.74, 6) is 0.146. The van der Waals surface area contributed by atoms with E-state index in [0.717, 1.165) is 28.7 Å². The molecule has 0 saturated carbocycles. The maximum absolute atomic E-state index is 13.7. The number of hydrogen-bond donors (Lipinski definition) is 1. The lowest BCUT2D eigenvalue weighted by molar-refractivity contribution is -0.175. The SMILES string of the molecule is Cc1ccc([C@H](C)C(=O)N2CCC[C@H]([C@@H]3C[C@H](C(F)(F)F)n4nc(C)cc4N3)C2)cc1. The van der Waals surface area contributed by atoms with Crippen LogP contribution in [0, 0.1) is 19.8 Å². The van der Waals surface area contributed by atoms with Gasteiger partial charge in [0.1, 0.15) is 5.82 Å². The number of anilines is 1. The highest BCUT2D eigenvalue weighted by atomic mass is 19.4. The Kier molecular flexibility index (Phi) is 5.75. The summed E-state index contributed by atoms with van der Waals surface area (Å²) in [7, 11) is 0. The number of likely N-dealkylation sites (tertiary alicyclic amines) is 1. The predicted molar refractivity (Wildman–Crippen MR) is 113 cm³/mol. The number of benzene rings is 1. The van der Waals surface area contributed by atoms with Gasteiger partial charge in [-0.15, -0.1) is 0 Å². The lowest BCUT2D eigenvalue weighted by Crippen LogP contribution is -2.49. The van der Waals surface area contributed by atoms with Crippen LogP contribution in [0.25, 0.3) is 0 Å². The van der Waals surface area contributed by atoms with E-state index in [4.69, 9.17) is 0 Å². The number of amides is 1. The Morgan fingerprint density at radius 1 is 1.23 bits per heavy atom. The molecule has 1 fully saturated rings. The van der Waals surface area contributed by atoms with Crippen LogP contribution in [0.1, 0.15) is 55.0 Å². The molecule has 2 aliphatic rings. The molecule has 3 heterocycles. The van der Waals surface area contributed by atoms with Crippen molar-refractivity contribution in [2.45, 2.75) is 64.2 Å². The van der Waals surface area contributed by atoms with E-state index in [0.29, 0.717) is 24.6 Å². The molecule has 0 bridgehead atoms.